The second-order valence-electron chi connectivity index (χ2n) is 7.32. The molecule has 1 N–H and O–H groups in total. The monoisotopic (exact) mass is 355 g/mol. The van der Waals surface area contributed by atoms with E-state index in [2.05, 4.69) is 20.8 Å². The van der Waals surface area contributed by atoms with Crippen LogP contribution in [-0.4, -0.2) is 52.6 Å². The molecule has 2 fully saturated rings. The van der Waals surface area contributed by atoms with Crippen molar-refractivity contribution in [1.29, 1.82) is 0 Å². The molecule has 0 unspecified atom stereocenters. The van der Waals surface area contributed by atoms with Gasteiger partial charge in [-0.05, 0) is 41.0 Å². The SMILES string of the molecule is O=C(CC1(Cn2cnnn2)CCCCC1)NC[C@H]1CCS(=O)(=O)C1. The Morgan fingerprint density at radius 2 is 2.08 bits per heavy atom. The van der Waals surface area contributed by atoms with Gasteiger partial charge in [0.15, 0.2) is 9.84 Å². The number of rotatable bonds is 6. The lowest BCUT2D eigenvalue weighted by Crippen LogP contribution is -2.38. The number of amides is 1. The smallest absolute Gasteiger partial charge is 0.220 e. The molecule has 24 heavy (non-hydrogen) atoms. The Labute approximate surface area is 142 Å². The van der Waals surface area contributed by atoms with Gasteiger partial charge in [-0.15, -0.1) is 5.10 Å². The highest BCUT2D eigenvalue weighted by Gasteiger charge is 2.35. The normalized spacial score (nSPS) is 25.4. The first kappa shape index (κ1) is 17.3. The molecule has 0 spiro atoms. The van der Waals surface area contributed by atoms with Gasteiger partial charge >= 0.3 is 0 Å². The first-order chi connectivity index (χ1) is 11.5. The Kier molecular flexibility index (Phi) is 5.17. The molecule has 1 amide bonds. The largest absolute Gasteiger partial charge is 0.356 e. The molecule has 9 heteroatoms. The van der Waals surface area contributed by atoms with Crippen molar-refractivity contribution in [3.8, 4) is 0 Å². The summed E-state index contributed by atoms with van der Waals surface area (Å²) in [5.74, 6) is 0.509. The molecule has 8 nitrogen and oxygen atoms in total. The van der Waals surface area contributed by atoms with Crippen LogP contribution < -0.4 is 5.32 Å². The summed E-state index contributed by atoms with van der Waals surface area (Å²) in [6.45, 7) is 1.12. The van der Waals surface area contributed by atoms with Crippen molar-refractivity contribution in [2.45, 2.75) is 51.5 Å². The second kappa shape index (κ2) is 7.16. The Morgan fingerprint density at radius 1 is 1.29 bits per heavy atom. The molecule has 3 rings (SSSR count). The topological polar surface area (TPSA) is 107 Å². The predicted octanol–water partition coefficient (Wildman–Crippen LogP) is 0.565. The number of nitrogens with one attached hydrogen (secondary N) is 1. The van der Waals surface area contributed by atoms with E-state index in [0.717, 1.165) is 25.7 Å². The van der Waals surface area contributed by atoms with E-state index < -0.39 is 9.84 Å². The van der Waals surface area contributed by atoms with Gasteiger partial charge in [0, 0.05) is 13.0 Å². The Bertz CT molecular complexity index is 653. The fraction of sp³-hybridized carbons (Fsp3) is 0.867. The van der Waals surface area contributed by atoms with E-state index in [0.29, 0.717) is 25.9 Å². The van der Waals surface area contributed by atoms with Crippen LogP contribution in [0.5, 0.6) is 0 Å². The van der Waals surface area contributed by atoms with E-state index in [1.54, 1.807) is 11.0 Å². The number of tetrazole rings is 1. The van der Waals surface area contributed by atoms with E-state index in [-0.39, 0.29) is 28.7 Å². The maximum Gasteiger partial charge on any atom is 0.220 e. The summed E-state index contributed by atoms with van der Waals surface area (Å²) in [6, 6.07) is 0. The molecule has 2 heterocycles. The van der Waals surface area contributed by atoms with Crippen LogP contribution in [0.3, 0.4) is 0 Å². The van der Waals surface area contributed by atoms with E-state index in [9.17, 15) is 13.2 Å². The zero-order chi connectivity index (χ0) is 17.0. The van der Waals surface area contributed by atoms with Crippen LogP contribution in [-0.2, 0) is 21.2 Å². The van der Waals surface area contributed by atoms with Crippen LogP contribution in [0.2, 0.25) is 0 Å². The third-order valence-corrected chi connectivity index (χ3v) is 7.09. The first-order valence-electron chi connectivity index (χ1n) is 8.64. The van der Waals surface area contributed by atoms with Crippen molar-refractivity contribution in [2.75, 3.05) is 18.1 Å². The number of hydrogen-bond donors (Lipinski definition) is 1. The highest BCUT2D eigenvalue weighted by molar-refractivity contribution is 7.91. The Morgan fingerprint density at radius 3 is 2.71 bits per heavy atom. The summed E-state index contributed by atoms with van der Waals surface area (Å²) in [6.07, 6.45) is 8.14. The van der Waals surface area contributed by atoms with Crippen LogP contribution in [0.4, 0.5) is 0 Å². The molecule has 1 atom stereocenters. The van der Waals surface area contributed by atoms with Crippen molar-refractivity contribution < 1.29 is 13.2 Å². The van der Waals surface area contributed by atoms with Crippen LogP contribution in [0.1, 0.15) is 44.9 Å². The van der Waals surface area contributed by atoms with Gasteiger partial charge in [-0.3, -0.25) is 4.79 Å². The molecular formula is C15H25N5O3S. The number of nitrogens with zero attached hydrogens (tertiary/aromatic N) is 4. The van der Waals surface area contributed by atoms with Crippen LogP contribution in [0.25, 0.3) is 0 Å². The van der Waals surface area contributed by atoms with Crippen LogP contribution in [0, 0.1) is 11.3 Å². The van der Waals surface area contributed by atoms with Gasteiger partial charge in [-0.1, -0.05) is 19.3 Å². The van der Waals surface area contributed by atoms with Gasteiger partial charge in [0.2, 0.25) is 5.91 Å². The minimum Gasteiger partial charge on any atom is -0.356 e. The summed E-state index contributed by atoms with van der Waals surface area (Å²) in [4.78, 5) is 12.4. The second-order valence-corrected chi connectivity index (χ2v) is 9.55. The van der Waals surface area contributed by atoms with Crippen molar-refractivity contribution in [2.24, 2.45) is 11.3 Å². The summed E-state index contributed by atoms with van der Waals surface area (Å²) >= 11 is 0. The molecule has 0 bridgehead atoms. The number of aromatic nitrogens is 4. The fourth-order valence-corrected chi connectivity index (χ4v) is 5.85. The average Bonchev–Trinajstić information content (AvgIpc) is 3.15. The molecule has 0 radical (unpaired) electrons. The van der Waals surface area contributed by atoms with Crippen LogP contribution in [0.15, 0.2) is 6.33 Å². The van der Waals surface area contributed by atoms with E-state index in [1.165, 1.54) is 6.42 Å². The lowest BCUT2D eigenvalue weighted by Gasteiger charge is -2.36. The molecule has 1 aromatic heterocycles. The minimum absolute atomic E-state index is 0.00859. The van der Waals surface area contributed by atoms with E-state index in [1.807, 2.05) is 0 Å². The maximum atomic E-state index is 12.4. The third-order valence-electron chi connectivity index (χ3n) is 5.25. The summed E-state index contributed by atoms with van der Waals surface area (Å²) in [7, 11) is -2.89. The molecule has 1 aliphatic heterocycles. The van der Waals surface area contributed by atoms with Crippen molar-refractivity contribution in [3.05, 3.63) is 6.33 Å². The maximum absolute atomic E-state index is 12.4. The highest BCUT2D eigenvalue weighted by atomic mass is 32.2. The van der Waals surface area contributed by atoms with E-state index in [4.69, 9.17) is 0 Å². The average molecular weight is 355 g/mol. The zero-order valence-corrected chi connectivity index (χ0v) is 14.7. The van der Waals surface area contributed by atoms with Gasteiger partial charge in [0.25, 0.3) is 0 Å². The molecule has 134 valence electrons. The number of carbonyl (C=O) groups is 1. The quantitative estimate of drug-likeness (QED) is 0.799. The van der Waals surface area contributed by atoms with Gasteiger partial charge in [-0.2, -0.15) is 0 Å². The number of hydrogen-bond acceptors (Lipinski definition) is 6. The standard InChI is InChI=1S/C15H25N5O3S/c21-14(16-9-13-4-7-24(22,23)10-13)8-15(5-2-1-3-6-15)11-20-12-17-18-19-20/h12-13H,1-11H2,(H,16,21)/t13-/m1/s1. The summed E-state index contributed by atoms with van der Waals surface area (Å²) in [5.41, 5.74) is -0.0978. The Balaban J connectivity index is 1.55. The number of carbonyl (C=O) groups excluding carboxylic acids is 1. The van der Waals surface area contributed by atoms with E-state index >= 15 is 0 Å². The summed E-state index contributed by atoms with van der Waals surface area (Å²) < 4.78 is 24.7. The lowest BCUT2D eigenvalue weighted by atomic mass is 9.71. The van der Waals surface area contributed by atoms with Crippen molar-refractivity contribution >= 4 is 15.7 Å². The first-order valence-corrected chi connectivity index (χ1v) is 10.5. The molecule has 0 aromatic carbocycles. The van der Waals surface area contributed by atoms with Crippen LogP contribution >= 0.6 is 0 Å². The lowest BCUT2D eigenvalue weighted by molar-refractivity contribution is -0.124. The van der Waals surface area contributed by atoms with Crippen molar-refractivity contribution in [1.82, 2.24) is 25.5 Å². The van der Waals surface area contributed by atoms with Gasteiger partial charge in [0.05, 0.1) is 18.1 Å². The number of sulfone groups is 1. The fourth-order valence-electron chi connectivity index (χ4n) is 3.98. The minimum atomic E-state index is -2.89. The highest BCUT2D eigenvalue weighted by Crippen LogP contribution is 2.40. The molecule has 2 aliphatic rings. The van der Waals surface area contributed by atoms with Gasteiger partial charge in [0.1, 0.15) is 6.33 Å². The molecular weight excluding hydrogens is 330 g/mol. The predicted molar refractivity (Wildman–Crippen MR) is 87.7 cm³/mol. The molecule has 1 aromatic rings. The Hall–Kier alpha value is -1.51. The van der Waals surface area contributed by atoms with Crippen molar-refractivity contribution in [3.63, 3.8) is 0 Å². The molecule has 1 aliphatic carbocycles. The van der Waals surface area contributed by atoms with Gasteiger partial charge in [-0.25, -0.2) is 13.1 Å². The zero-order valence-electron chi connectivity index (χ0n) is 13.9. The molecule has 1 saturated carbocycles. The molecule has 1 saturated heterocycles. The summed E-state index contributed by atoms with van der Waals surface area (Å²) in [5, 5.41) is 14.2. The van der Waals surface area contributed by atoms with Gasteiger partial charge < -0.3 is 5.32 Å². The third kappa shape index (κ3) is 4.52.